The van der Waals surface area contributed by atoms with Crippen molar-refractivity contribution in [3.05, 3.63) is 28.5 Å². The highest BCUT2D eigenvalue weighted by atomic mass is 79.9. The van der Waals surface area contributed by atoms with Crippen LogP contribution in [0.25, 0.3) is 0 Å². The number of nitrogens with zero attached hydrogens (tertiary/aromatic N) is 1. The van der Waals surface area contributed by atoms with E-state index < -0.39 is 0 Å². The van der Waals surface area contributed by atoms with Crippen LogP contribution in [0.15, 0.2) is 22.8 Å². The Balaban J connectivity index is 2.72. The SMILES string of the molecule is CCC(C)(CCl)Cc1ccc(Br)cn1. The van der Waals surface area contributed by atoms with Crippen molar-refractivity contribution in [2.75, 3.05) is 5.88 Å². The zero-order valence-electron chi connectivity index (χ0n) is 8.56. The molecule has 1 atom stereocenters. The fourth-order valence-electron chi connectivity index (χ4n) is 1.22. The highest BCUT2D eigenvalue weighted by Crippen LogP contribution is 2.27. The van der Waals surface area contributed by atoms with Crippen molar-refractivity contribution >= 4 is 27.5 Å². The summed E-state index contributed by atoms with van der Waals surface area (Å²) in [6, 6.07) is 4.07. The molecule has 0 aliphatic carbocycles. The van der Waals surface area contributed by atoms with Gasteiger partial charge in [0.25, 0.3) is 0 Å². The molecule has 0 radical (unpaired) electrons. The van der Waals surface area contributed by atoms with Gasteiger partial charge in [-0.3, -0.25) is 4.98 Å². The first-order valence-electron chi connectivity index (χ1n) is 4.76. The topological polar surface area (TPSA) is 12.9 Å². The summed E-state index contributed by atoms with van der Waals surface area (Å²) < 4.78 is 1.02. The molecule has 0 fully saturated rings. The maximum absolute atomic E-state index is 5.95. The Kier molecular flexibility index (Phi) is 4.39. The fraction of sp³-hybridized carbons (Fsp3) is 0.545. The number of pyridine rings is 1. The molecule has 0 amide bonds. The van der Waals surface area contributed by atoms with Crippen molar-refractivity contribution in [2.45, 2.75) is 26.7 Å². The van der Waals surface area contributed by atoms with Crippen molar-refractivity contribution in [3.8, 4) is 0 Å². The number of rotatable bonds is 4. The highest BCUT2D eigenvalue weighted by Gasteiger charge is 2.21. The number of aromatic nitrogens is 1. The molecule has 1 heterocycles. The lowest BCUT2D eigenvalue weighted by molar-refractivity contribution is 0.352. The first-order valence-corrected chi connectivity index (χ1v) is 6.09. The molecule has 1 nitrogen and oxygen atoms in total. The summed E-state index contributed by atoms with van der Waals surface area (Å²) in [5, 5.41) is 0. The van der Waals surface area contributed by atoms with E-state index in [1.165, 1.54) is 0 Å². The van der Waals surface area contributed by atoms with Crippen LogP contribution in [0.2, 0.25) is 0 Å². The number of hydrogen-bond acceptors (Lipinski definition) is 1. The first-order chi connectivity index (χ1) is 6.59. The van der Waals surface area contributed by atoms with Gasteiger partial charge < -0.3 is 0 Å². The zero-order chi connectivity index (χ0) is 10.6. The Hall–Kier alpha value is -0.0800. The molecule has 1 unspecified atom stereocenters. The predicted octanol–water partition coefficient (Wildman–Crippen LogP) is 4.04. The van der Waals surface area contributed by atoms with Crippen LogP contribution in [0.1, 0.15) is 26.0 Å². The Bertz CT molecular complexity index is 280. The molecule has 0 aromatic carbocycles. The van der Waals surface area contributed by atoms with E-state index in [1.54, 1.807) is 0 Å². The summed E-state index contributed by atoms with van der Waals surface area (Å²) in [6.07, 6.45) is 3.86. The van der Waals surface area contributed by atoms with Crippen molar-refractivity contribution in [3.63, 3.8) is 0 Å². The molecular formula is C11H15BrClN. The van der Waals surface area contributed by atoms with Crippen LogP contribution in [0.4, 0.5) is 0 Å². The standard InChI is InChI=1S/C11H15BrClN/c1-3-11(2,8-13)6-10-5-4-9(12)7-14-10/h4-5,7H,3,6,8H2,1-2H3. The quantitative estimate of drug-likeness (QED) is 0.756. The average molecular weight is 277 g/mol. The summed E-state index contributed by atoms with van der Waals surface area (Å²) in [4.78, 5) is 4.35. The van der Waals surface area contributed by atoms with Gasteiger partial charge in [0.2, 0.25) is 0 Å². The Labute approximate surface area is 99.0 Å². The van der Waals surface area contributed by atoms with E-state index in [-0.39, 0.29) is 5.41 Å². The Morgan fingerprint density at radius 2 is 2.21 bits per heavy atom. The average Bonchev–Trinajstić information content (AvgIpc) is 2.21. The van der Waals surface area contributed by atoms with Crippen LogP contribution in [0, 0.1) is 5.41 Å². The van der Waals surface area contributed by atoms with Crippen LogP contribution in [0.3, 0.4) is 0 Å². The maximum atomic E-state index is 5.95. The molecule has 1 aromatic heterocycles. The van der Waals surface area contributed by atoms with Crippen molar-refractivity contribution in [1.82, 2.24) is 4.98 Å². The number of hydrogen-bond donors (Lipinski definition) is 0. The van der Waals surface area contributed by atoms with Crippen LogP contribution in [0.5, 0.6) is 0 Å². The molecule has 0 aliphatic rings. The van der Waals surface area contributed by atoms with Crippen LogP contribution < -0.4 is 0 Å². The summed E-state index contributed by atoms with van der Waals surface area (Å²) >= 11 is 9.32. The second kappa shape index (κ2) is 5.13. The van der Waals surface area contributed by atoms with Crippen LogP contribution in [-0.4, -0.2) is 10.9 Å². The summed E-state index contributed by atoms with van der Waals surface area (Å²) in [5.41, 5.74) is 1.28. The normalized spacial score (nSPS) is 15.1. The van der Waals surface area contributed by atoms with Gasteiger partial charge in [-0.15, -0.1) is 11.6 Å². The van der Waals surface area contributed by atoms with Gasteiger partial charge in [0.15, 0.2) is 0 Å². The Morgan fingerprint density at radius 1 is 1.50 bits per heavy atom. The number of alkyl halides is 1. The molecule has 0 spiro atoms. The third-order valence-corrected chi connectivity index (χ3v) is 3.69. The lowest BCUT2D eigenvalue weighted by atomic mass is 9.85. The highest BCUT2D eigenvalue weighted by molar-refractivity contribution is 9.10. The largest absolute Gasteiger partial charge is 0.260 e. The minimum atomic E-state index is 0.169. The van der Waals surface area contributed by atoms with Crippen molar-refractivity contribution in [1.29, 1.82) is 0 Å². The van der Waals surface area contributed by atoms with Crippen molar-refractivity contribution < 1.29 is 0 Å². The van der Waals surface area contributed by atoms with E-state index in [2.05, 4.69) is 34.8 Å². The number of halogens is 2. The van der Waals surface area contributed by atoms with E-state index in [0.717, 1.165) is 23.0 Å². The van der Waals surface area contributed by atoms with Gasteiger partial charge in [-0.25, -0.2) is 0 Å². The van der Waals surface area contributed by atoms with Gasteiger partial charge in [0.05, 0.1) is 0 Å². The second-order valence-electron chi connectivity index (χ2n) is 3.94. The third-order valence-electron chi connectivity index (χ3n) is 2.57. The molecule has 1 aromatic rings. The fourth-order valence-corrected chi connectivity index (χ4v) is 1.73. The van der Waals surface area contributed by atoms with Crippen LogP contribution in [-0.2, 0) is 6.42 Å². The summed E-state index contributed by atoms with van der Waals surface area (Å²) in [6.45, 7) is 4.37. The molecule has 0 N–H and O–H groups in total. The van der Waals surface area contributed by atoms with Crippen LogP contribution >= 0.6 is 27.5 Å². The molecule has 1 rings (SSSR count). The van der Waals surface area contributed by atoms with E-state index in [9.17, 15) is 0 Å². The van der Waals surface area contributed by atoms with E-state index in [4.69, 9.17) is 11.6 Å². The van der Waals surface area contributed by atoms with Gasteiger partial charge in [-0.05, 0) is 46.3 Å². The maximum Gasteiger partial charge on any atom is 0.0413 e. The predicted molar refractivity (Wildman–Crippen MR) is 64.8 cm³/mol. The van der Waals surface area contributed by atoms with E-state index in [1.807, 2.05) is 18.3 Å². The van der Waals surface area contributed by atoms with Gasteiger partial charge in [-0.1, -0.05) is 13.8 Å². The van der Waals surface area contributed by atoms with Crippen molar-refractivity contribution in [2.24, 2.45) is 5.41 Å². The minimum absolute atomic E-state index is 0.169. The Morgan fingerprint density at radius 3 is 2.64 bits per heavy atom. The lowest BCUT2D eigenvalue weighted by Gasteiger charge is -2.24. The van der Waals surface area contributed by atoms with E-state index >= 15 is 0 Å². The monoisotopic (exact) mass is 275 g/mol. The van der Waals surface area contributed by atoms with Gasteiger partial charge in [-0.2, -0.15) is 0 Å². The molecule has 3 heteroatoms. The third kappa shape index (κ3) is 3.25. The van der Waals surface area contributed by atoms with Gasteiger partial charge >= 0.3 is 0 Å². The molecule has 0 saturated carbocycles. The zero-order valence-corrected chi connectivity index (χ0v) is 10.9. The molecule has 0 saturated heterocycles. The smallest absolute Gasteiger partial charge is 0.0413 e. The molecule has 0 aliphatic heterocycles. The summed E-state index contributed by atoms with van der Waals surface area (Å²) in [7, 11) is 0. The lowest BCUT2D eigenvalue weighted by Crippen LogP contribution is -2.21. The first kappa shape index (κ1) is 12.0. The molecule has 14 heavy (non-hydrogen) atoms. The van der Waals surface area contributed by atoms with E-state index in [0.29, 0.717) is 5.88 Å². The second-order valence-corrected chi connectivity index (χ2v) is 5.13. The molecule has 0 bridgehead atoms. The van der Waals surface area contributed by atoms with Gasteiger partial charge in [0.1, 0.15) is 0 Å². The van der Waals surface area contributed by atoms with Gasteiger partial charge in [0, 0.05) is 22.2 Å². The molecule has 78 valence electrons. The molecular weight excluding hydrogens is 261 g/mol. The minimum Gasteiger partial charge on any atom is -0.260 e. The summed E-state index contributed by atoms with van der Waals surface area (Å²) in [5.74, 6) is 0.682.